The highest BCUT2D eigenvalue weighted by Gasteiger charge is 2.51. The zero-order chi connectivity index (χ0) is 21.5. The summed E-state index contributed by atoms with van der Waals surface area (Å²) in [5.41, 5.74) is 0.238. The third kappa shape index (κ3) is 3.48. The molecular weight excluding hydrogens is 372 g/mol. The second kappa shape index (κ2) is 7.31. The van der Waals surface area contributed by atoms with E-state index in [9.17, 15) is 19.2 Å². The summed E-state index contributed by atoms with van der Waals surface area (Å²) in [5, 5.41) is 0. The van der Waals surface area contributed by atoms with Crippen LogP contribution in [0.1, 0.15) is 49.7 Å². The first-order valence-electron chi connectivity index (χ1n) is 9.33. The van der Waals surface area contributed by atoms with Gasteiger partial charge >= 0.3 is 5.97 Å². The molecule has 3 rings (SSSR count). The van der Waals surface area contributed by atoms with Crippen molar-refractivity contribution in [1.29, 1.82) is 0 Å². The predicted molar refractivity (Wildman–Crippen MR) is 108 cm³/mol. The monoisotopic (exact) mass is 396 g/mol. The van der Waals surface area contributed by atoms with Crippen LogP contribution in [0.4, 0.5) is 5.69 Å². The van der Waals surface area contributed by atoms with Gasteiger partial charge in [-0.15, -0.1) is 0 Å². The Labute approximate surface area is 168 Å². The van der Waals surface area contributed by atoms with Gasteiger partial charge in [-0.25, -0.2) is 0 Å². The van der Waals surface area contributed by atoms with Crippen LogP contribution in [-0.2, 0) is 14.3 Å². The number of fused-ring (bicyclic) bond motifs is 1. The van der Waals surface area contributed by atoms with Gasteiger partial charge in [-0.05, 0) is 43.7 Å². The molecule has 7 heteroatoms. The minimum atomic E-state index is -1.05. The Morgan fingerprint density at radius 2 is 1.79 bits per heavy atom. The molecule has 7 nitrogen and oxygen atoms in total. The van der Waals surface area contributed by atoms with E-state index in [-0.39, 0.29) is 17.2 Å². The van der Waals surface area contributed by atoms with Crippen molar-refractivity contribution < 1.29 is 19.1 Å². The highest BCUT2D eigenvalue weighted by Crippen LogP contribution is 2.45. The van der Waals surface area contributed by atoms with Crippen LogP contribution in [0.3, 0.4) is 0 Å². The molecule has 29 heavy (non-hydrogen) atoms. The largest absolute Gasteiger partial charge is 0.459 e. The molecule has 2 aromatic rings. The maximum Gasteiger partial charge on any atom is 0.303 e. The van der Waals surface area contributed by atoms with E-state index in [0.29, 0.717) is 16.8 Å². The molecule has 0 radical (unpaired) electrons. The molecule has 0 N–H and O–H groups in total. The van der Waals surface area contributed by atoms with Crippen LogP contribution in [0, 0.1) is 5.41 Å². The number of ether oxygens (including phenoxy) is 1. The molecule has 2 unspecified atom stereocenters. The highest BCUT2D eigenvalue weighted by atomic mass is 16.5. The van der Waals surface area contributed by atoms with Gasteiger partial charge in [-0.1, -0.05) is 6.07 Å². The van der Waals surface area contributed by atoms with Gasteiger partial charge in [0.25, 0.3) is 5.56 Å². The molecule has 0 fully saturated rings. The minimum absolute atomic E-state index is 0.169. The van der Waals surface area contributed by atoms with Crippen LogP contribution in [0.2, 0.25) is 0 Å². The van der Waals surface area contributed by atoms with Crippen molar-refractivity contribution in [1.82, 2.24) is 4.57 Å². The first-order chi connectivity index (χ1) is 13.6. The van der Waals surface area contributed by atoms with Crippen molar-refractivity contribution >= 4 is 23.3 Å². The minimum Gasteiger partial charge on any atom is -0.459 e. The number of carbonyl (C=O) groups is 3. The van der Waals surface area contributed by atoms with Crippen LogP contribution >= 0.6 is 0 Å². The quantitative estimate of drug-likeness (QED) is 0.745. The summed E-state index contributed by atoms with van der Waals surface area (Å²) in [6.45, 7) is 6.14. The second-order valence-corrected chi connectivity index (χ2v) is 7.82. The molecule has 0 spiro atoms. The fourth-order valence-electron chi connectivity index (χ4n) is 3.78. The molecule has 2 atom stereocenters. The Kier molecular flexibility index (Phi) is 5.17. The normalized spacial score (nSPS) is 20.0. The smallest absolute Gasteiger partial charge is 0.303 e. The molecule has 152 valence electrons. The second-order valence-electron chi connectivity index (χ2n) is 7.82. The lowest BCUT2D eigenvalue weighted by Crippen LogP contribution is -2.51. The molecule has 1 aromatic carbocycles. The summed E-state index contributed by atoms with van der Waals surface area (Å²) >= 11 is 0. The van der Waals surface area contributed by atoms with Gasteiger partial charge < -0.3 is 14.2 Å². The topological polar surface area (TPSA) is 85.7 Å². The maximum atomic E-state index is 13.2. The number of carbonyl (C=O) groups excluding carboxylic acids is 3. The zero-order valence-electron chi connectivity index (χ0n) is 17.1. The maximum absolute atomic E-state index is 13.2. The van der Waals surface area contributed by atoms with Crippen LogP contribution < -0.4 is 10.5 Å². The first-order valence-corrected chi connectivity index (χ1v) is 9.33. The molecule has 0 bridgehead atoms. The first kappa shape index (κ1) is 20.5. The van der Waals surface area contributed by atoms with Gasteiger partial charge in [0.1, 0.15) is 12.1 Å². The molecule has 1 aliphatic carbocycles. The van der Waals surface area contributed by atoms with E-state index in [0.717, 1.165) is 0 Å². The highest BCUT2D eigenvalue weighted by molar-refractivity contribution is 6.04. The lowest BCUT2D eigenvalue weighted by atomic mass is 9.68. The van der Waals surface area contributed by atoms with Gasteiger partial charge in [0.15, 0.2) is 5.78 Å². The number of esters is 1. The summed E-state index contributed by atoms with van der Waals surface area (Å²) < 4.78 is 7.07. The van der Waals surface area contributed by atoms with Crippen LogP contribution in [0.25, 0.3) is 0 Å². The Bertz CT molecular complexity index is 1050. The molecule has 1 aromatic heterocycles. The molecule has 1 amide bonds. The Morgan fingerprint density at radius 1 is 1.10 bits per heavy atom. The van der Waals surface area contributed by atoms with Gasteiger partial charge in [0.2, 0.25) is 5.91 Å². The third-order valence-corrected chi connectivity index (χ3v) is 5.49. The fraction of sp³-hybridized carbons (Fsp3) is 0.364. The number of amides is 1. The van der Waals surface area contributed by atoms with Crippen molar-refractivity contribution in [2.75, 3.05) is 11.9 Å². The van der Waals surface area contributed by atoms with Crippen molar-refractivity contribution in [3.8, 4) is 0 Å². The summed E-state index contributed by atoms with van der Waals surface area (Å²) in [5.74, 6) is -0.890. The zero-order valence-corrected chi connectivity index (χ0v) is 17.1. The number of rotatable bonds is 3. The number of aromatic nitrogens is 1. The predicted octanol–water partition coefficient (Wildman–Crippen LogP) is 2.57. The lowest BCUT2D eigenvalue weighted by Gasteiger charge is -2.43. The summed E-state index contributed by atoms with van der Waals surface area (Å²) in [7, 11) is 1.63. The molecule has 1 heterocycles. The van der Waals surface area contributed by atoms with Gasteiger partial charge in [-0.3, -0.25) is 19.2 Å². The van der Waals surface area contributed by atoms with Crippen molar-refractivity contribution in [3.05, 3.63) is 64.1 Å². The number of ketones is 1. The number of hydrogen-bond acceptors (Lipinski definition) is 5. The number of Topliss-reactive ketones (excluding diaryl/α,β-unsaturated/α-hetero) is 1. The van der Waals surface area contributed by atoms with E-state index in [1.165, 1.54) is 29.4 Å². The van der Waals surface area contributed by atoms with E-state index in [4.69, 9.17) is 4.74 Å². The van der Waals surface area contributed by atoms with E-state index in [2.05, 4.69) is 0 Å². The summed E-state index contributed by atoms with van der Waals surface area (Å²) in [6.07, 6.45) is 0.721. The molecule has 0 saturated carbocycles. The Morgan fingerprint density at radius 3 is 2.38 bits per heavy atom. The molecular formula is C22H24N2O5. The number of anilines is 1. The lowest BCUT2D eigenvalue weighted by molar-refractivity contribution is -0.153. The van der Waals surface area contributed by atoms with Gasteiger partial charge in [0, 0.05) is 44.4 Å². The molecule has 0 aliphatic heterocycles. The number of nitrogens with zero attached hydrogens (tertiary/aromatic N) is 2. The van der Waals surface area contributed by atoms with E-state index >= 15 is 0 Å². The average molecular weight is 396 g/mol. The third-order valence-electron chi connectivity index (χ3n) is 5.49. The van der Waals surface area contributed by atoms with Gasteiger partial charge in [-0.2, -0.15) is 0 Å². The molecule has 0 saturated heterocycles. The van der Waals surface area contributed by atoms with Crippen molar-refractivity contribution in [3.63, 3.8) is 0 Å². The Balaban J connectivity index is 2.32. The van der Waals surface area contributed by atoms with Crippen molar-refractivity contribution in [2.45, 2.75) is 39.8 Å². The van der Waals surface area contributed by atoms with Crippen LogP contribution in [0.15, 0.2) is 47.4 Å². The van der Waals surface area contributed by atoms with E-state index in [1.807, 2.05) is 0 Å². The van der Waals surface area contributed by atoms with Crippen LogP contribution in [-0.4, -0.2) is 35.4 Å². The van der Waals surface area contributed by atoms with Crippen LogP contribution in [0.5, 0.6) is 0 Å². The average Bonchev–Trinajstić information content (AvgIpc) is 2.66. The summed E-state index contributed by atoms with van der Waals surface area (Å²) in [6, 6.07) is 9.12. The van der Waals surface area contributed by atoms with Gasteiger partial charge in [0.05, 0.1) is 5.41 Å². The van der Waals surface area contributed by atoms with E-state index < -0.39 is 23.5 Å². The number of pyridine rings is 1. The van der Waals surface area contributed by atoms with E-state index in [1.54, 1.807) is 57.4 Å². The number of benzene rings is 1. The molecule has 1 aliphatic rings. The SMILES string of the molecule is CC(=O)OC1C(n2ccccc2=O)c2cc(N(C)C(C)=O)ccc2C(=O)C1(C)C. The Hall–Kier alpha value is -3.22. The van der Waals surface area contributed by atoms with Crippen molar-refractivity contribution in [2.24, 2.45) is 5.41 Å². The summed E-state index contributed by atoms with van der Waals surface area (Å²) in [4.78, 5) is 51.1. The standard InChI is InChI=1S/C22H24N2O5/c1-13(25)23(5)15-9-10-16-17(12-15)19(24-11-7-6-8-18(24)27)21(29-14(2)26)22(3,4)20(16)28/h6-12,19,21H,1-5H3. The fourth-order valence-corrected chi connectivity index (χ4v) is 3.78. The number of hydrogen-bond donors (Lipinski definition) is 0.